The Balaban J connectivity index is 2.76. The highest BCUT2D eigenvalue weighted by atomic mass is 31.2. The Morgan fingerprint density at radius 2 is 1.20 bits per heavy atom. The zero-order valence-electron chi connectivity index (χ0n) is 29.3. The number of carbonyl (C=O) groups excluding carboxylic acids is 1. The van der Waals surface area contributed by atoms with Gasteiger partial charge in [-0.2, -0.15) is 0 Å². The largest absolute Gasteiger partial charge is 0.472 e. The first-order valence-corrected chi connectivity index (χ1v) is 19.5. The Morgan fingerprint density at radius 3 is 1.76 bits per heavy atom. The highest BCUT2D eigenvalue weighted by molar-refractivity contribution is 7.47. The zero-order valence-corrected chi connectivity index (χ0v) is 30.2. The molecule has 0 aromatic heterocycles. The average Bonchev–Trinajstić information content (AvgIpc) is 3.06. The molecule has 286 valence electrons. The molecule has 8 atom stereocenters. The minimum atomic E-state index is -5.13. The highest BCUT2D eigenvalue weighted by Crippen LogP contribution is 2.47. The standard InChI is InChI=1S/C35H64NO12P/c1-3-5-7-9-11-13-14-15-17-19-21-23-28(38)27(36-29(39)24-26(37)22-20-18-16-12-10-8-6-4-2)25-47-49(45,46)48-35-33(43)31(41)30(40)32(42)34(35)44/h7,9,14-15,21,23,26-28,30-35,37-38,40-44H,3-6,8,10-13,16-20,22,24-25H2,1-2H3,(H,36,39)(H,45,46)/b9-7+,15-14+,23-21+. The van der Waals surface area contributed by atoms with Crippen LogP contribution in [0.25, 0.3) is 0 Å². The van der Waals surface area contributed by atoms with Crippen molar-refractivity contribution >= 4 is 13.7 Å². The lowest BCUT2D eigenvalue weighted by Gasteiger charge is -2.41. The van der Waals surface area contributed by atoms with Gasteiger partial charge in [-0.1, -0.05) is 108 Å². The summed E-state index contributed by atoms with van der Waals surface area (Å²) < 4.78 is 22.6. The van der Waals surface area contributed by atoms with E-state index in [-0.39, 0.29) is 6.42 Å². The summed E-state index contributed by atoms with van der Waals surface area (Å²) in [6.45, 7) is 3.55. The SMILES string of the molecule is CCC/C=C/CC/C=C/CC/C=C/C(O)C(COP(=O)(O)OC1C(O)C(O)C(O)C(O)C1O)NC(=O)CC(O)CCCCCCCCCC. The molecule has 1 aliphatic carbocycles. The molecule has 14 heteroatoms. The van der Waals surface area contributed by atoms with Crippen molar-refractivity contribution in [2.45, 2.75) is 171 Å². The Hall–Kier alpha value is -1.48. The number of unbranched alkanes of at least 4 members (excludes halogenated alkanes) is 10. The predicted molar refractivity (Wildman–Crippen MR) is 187 cm³/mol. The highest BCUT2D eigenvalue weighted by Gasteiger charge is 2.51. The Morgan fingerprint density at radius 1 is 0.714 bits per heavy atom. The minimum Gasteiger partial charge on any atom is -0.393 e. The molecule has 0 aromatic carbocycles. The molecule has 0 spiro atoms. The zero-order chi connectivity index (χ0) is 36.7. The fourth-order valence-electron chi connectivity index (χ4n) is 5.39. The van der Waals surface area contributed by atoms with Crippen LogP contribution < -0.4 is 5.32 Å². The summed E-state index contributed by atoms with van der Waals surface area (Å²) in [5.41, 5.74) is 0. The summed E-state index contributed by atoms with van der Waals surface area (Å²) in [5.74, 6) is -0.615. The number of phosphoric acid groups is 1. The third kappa shape index (κ3) is 19.6. The smallest absolute Gasteiger partial charge is 0.393 e. The Kier molecular flexibility index (Phi) is 24.5. The van der Waals surface area contributed by atoms with E-state index >= 15 is 0 Å². The molecule has 1 fully saturated rings. The number of hydrogen-bond acceptors (Lipinski definition) is 11. The van der Waals surface area contributed by atoms with Crippen LogP contribution in [0.3, 0.4) is 0 Å². The molecule has 0 bridgehead atoms. The van der Waals surface area contributed by atoms with Crippen molar-refractivity contribution in [3.05, 3.63) is 36.5 Å². The van der Waals surface area contributed by atoms with E-state index in [4.69, 9.17) is 9.05 Å². The summed E-state index contributed by atoms with van der Waals surface area (Å²) in [6, 6.07) is -1.26. The second-order valence-electron chi connectivity index (χ2n) is 12.9. The fraction of sp³-hybridized carbons (Fsp3) is 0.800. The second kappa shape index (κ2) is 26.3. The summed E-state index contributed by atoms with van der Waals surface area (Å²) in [6.07, 6.45) is 11.5. The third-order valence-electron chi connectivity index (χ3n) is 8.44. The lowest BCUT2D eigenvalue weighted by molar-refractivity contribution is -0.220. The van der Waals surface area contributed by atoms with Gasteiger partial charge in [-0.25, -0.2) is 4.57 Å². The van der Waals surface area contributed by atoms with Crippen LogP contribution >= 0.6 is 7.82 Å². The predicted octanol–water partition coefficient (Wildman–Crippen LogP) is 3.46. The van der Waals surface area contributed by atoms with Gasteiger partial charge in [0.25, 0.3) is 0 Å². The van der Waals surface area contributed by atoms with Gasteiger partial charge in [-0.15, -0.1) is 0 Å². The quantitative estimate of drug-likeness (QED) is 0.0338. The van der Waals surface area contributed by atoms with Crippen LogP contribution in [0.2, 0.25) is 0 Å². The number of aliphatic hydroxyl groups is 7. The summed E-state index contributed by atoms with van der Waals surface area (Å²) in [5, 5.41) is 73.7. The van der Waals surface area contributed by atoms with E-state index in [9.17, 15) is 50.0 Å². The normalized spacial score (nSPS) is 26.3. The van der Waals surface area contributed by atoms with Crippen LogP contribution in [-0.2, 0) is 18.4 Å². The maximum Gasteiger partial charge on any atom is 0.472 e. The van der Waals surface area contributed by atoms with Crippen LogP contribution in [0, 0.1) is 0 Å². The molecule has 0 radical (unpaired) electrons. The number of amides is 1. The second-order valence-corrected chi connectivity index (χ2v) is 14.3. The number of phosphoric ester groups is 1. The maximum absolute atomic E-state index is 12.8. The third-order valence-corrected chi connectivity index (χ3v) is 9.42. The molecule has 0 heterocycles. The minimum absolute atomic E-state index is 0.256. The molecule has 1 saturated carbocycles. The molecular formula is C35H64NO12P. The fourth-order valence-corrected chi connectivity index (χ4v) is 6.36. The topological polar surface area (TPSA) is 226 Å². The lowest BCUT2D eigenvalue weighted by Crippen LogP contribution is -2.64. The van der Waals surface area contributed by atoms with Crippen molar-refractivity contribution in [3.8, 4) is 0 Å². The van der Waals surface area contributed by atoms with Crippen LogP contribution in [0.4, 0.5) is 0 Å². The van der Waals surface area contributed by atoms with Crippen molar-refractivity contribution in [2.75, 3.05) is 6.61 Å². The van der Waals surface area contributed by atoms with Gasteiger partial charge >= 0.3 is 7.82 Å². The molecule has 1 amide bonds. The van der Waals surface area contributed by atoms with E-state index in [2.05, 4.69) is 37.4 Å². The molecule has 49 heavy (non-hydrogen) atoms. The maximum atomic E-state index is 12.8. The van der Waals surface area contributed by atoms with Gasteiger partial charge in [0.1, 0.15) is 36.6 Å². The number of aliphatic hydroxyl groups excluding tert-OH is 7. The first kappa shape index (κ1) is 45.5. The Labute approximate surface area is 292 Å². The van der Waals surface area contributed by atoms with Gasteiger partial charge in [-0.05, 0) is 38.5 Å². The molecule has 1 aliphatic rings. The van der Waals surface area contributed by atoms with Crippen molar-refractivity contribution in [1.29, 1.82) is 0 Å². The van der Waals surface area contributed by atoms with E-state index in [0.717, 1.165) is 51.4 Å². The van der Waals surface area contributed by atoms with Gasteiger partial charge in [0.15, 0.2) is 0 Å². The first-order chi connectivity index (χ1) is 23.3. The first-order valence-electron chi connectivity index (χ1n) is 18.0. The molecule has 8 unspecified atom stereocenters. The van der Waals surface area contributed by atoms with Gasteiger partial charge in [-0.3, -0.25) is 13.8 Å². The summed E-state index contributed by atoms with van der Waals surface area (Å²) in [4.78, 5) is 23.1. The molecule has 9 N–H and O–H groups in total. The van der Waals surface area contributed by atoms with Gasteiger partial charge < -0.3 is 46.0 Å². The average molecular weight is 722 g/mol. The molecule has 0 aromatic rings. The van der Waals surface area contributed by atoms with Gasteiger partial charge in [0, 0.05) is 0 Å². The summed E-state index contributed by atoms with van der Waals surface area (Å²) >= 11 is 0. The van der Waals surface area contributed by atoms with E-state index in [1.807, 2.05) is 6.08 Å². The number of carbonyl (C=O) groups is 1. The molecular weight excluding hydrogens is 657 g/mol. The van der Waals surface area contributed by atoms with Crippen molar-refractivity contribution in [2.24, 2.45) is 0 Å². The van der Waals surface area contributed by atoms with Crippen molar-refractivity contribution in [3.63, 3.8) is 0 Å². The number of allylic oxidation sites excluding steroid dienone is 5. The van der Waals surface area contributed by atoms with Crippen molar-refractivity contribution < 1.29 is 59.0 Å². The molecule has 0 aliphatic heterocycles. The van der Waals surface area contributed by atoms with Crippen molar-refractivity contribution in [1.82, 2.24) is 5.32 Å². The van der Waals surface area contributed by atoms with E-state index in [1.165, 1.54) is 31.8 Å². The Bertz CT molecular complexity index is 995. The number of hydrogen-bond donors (Lipinski definition) is 9. The van der Waals surface area contributed by atoms with Crippen LogP contribution in [0.15, 0.2) is 36.5 Å². The molecule has 13 nitrogen and oxygen atoms in total. The monoisotopic (exact) mass is 721 g/mol. The number of rotatable bonds is 27. The van der Waals surface area contributed by atoms with E-state index in [1.54, 1.807) is 6.08 Å². The van der Waals surface area contributed by atoms with Crippen LogP contribution in [0.5, 0.6) is 0 Å². The van der Waals surface area contributed by atoms with Gasteiger partial charge in [0.05, 0.1) is 31.3 Å². The van der Waals surface area contributed by atoms with E-state index in [0.29, 0.717) is 19.3 Å². The van der Waals surface area contributed by atoms with E-state index < -0.39 is 75.2 Å². The van der Waals surface area contributed by atoms with Crippen LogP contribution in [-0.4, -0.2) is 108 Å². The summed E-state index contributed by atoms with van der Waals surface area (Å²) in [7, 11) is -5.13. The molecule has 1 rings (SSSR count). The molecule has 0 saturated heterocycles. The van der Waals surface area contributed by atoms with Crippen LogP contribution in [0.1, 0.15) is 117 Å². The van der Waals surface area contributed by atoms with Gasteiger partial charge in [0.2, 0.25) is 5.91 Å². The lowest BCUT2D eigenvalue weighted by atomic mass is 9.85. The number of nitrogens with one attached hydrogen (secondary N) is 1.